The van der Waals surface area contributed by atoms with Gasteiger partial charge in [0.15, 0.2) is 0 Å². The fourth-order valence-electron chi connectivity index (χ4n) is 2.09. The van der Waals surface area contributed by atoms with Gasteiger partial charge >= 0.3 is 6.01 Å². The van der Waals surface area contributed by atoms with E-state index in [1.54, 1.807) is 0 Å². The number of aryl methyl sites for hydroxylation is 1. The summed E-state index contributed by atoms with van der Waals surface area (Å²) in [4.78, 5) is 11.9. The molecular weight excluding hydrogens is 319 g/mol. The van der Waals surface area contributed by atoms with Gasteiger partial charge in [-0.1, -0.05) is 16.6 Å². The van der Waals surface area contributed by atoms with E-state index in [4.69, 9.17) is 18.0 Å². The van der Waals surface area contributed by atoms with E-state index < -0.39 is 17.2 Å². The largest absolute Gasteiger partial charge is 0.403 e. The van der Waals surface area contributed by atoms with E-state index >= 15 is 0 Å². The number of halogens is 2. The lowest BCUT2D eigenvalue weighted by atomic mass is 9.96. The highest BCUT2D eigenvalue weighted by molar-refractivity contribution is 6.32. The predicted molar refractivity (Wildman–Crippen MR) is 84.4 cm³/mol. The molecule has 7 nitrogen and oxygen atoms in total. The molecule has 1 aromatic carbocycles. The van der Waals surface area contributed by atoms with Crippen molar-refractivity contribution in [1.29, 1.82) is 0 Å². The molecule has 0 saturated heterocycles. The van der Waals surface area contributed by atoms with Gasteiger partial charge in [0.25, 0.3) is 11.4 Å². The third-order valence-corrected chi connectivity index (χ3v) is 3.24. The van der Waals surface area contributed by atoms with E-state index in [1.807, 2.05) is 0 Å². The lowest BCUT2D eigenvalue weighted by Gasteiger charge is -2.13. The highest BCUT2D eigenvalue weighted by atomic mass is 19.1. The molecule has 2 radical (unpaired) electrons. The van der Waals surface area contributed by atoms with Gasteiger partial charge in [0.05, 0.1) is 16.9 Å². The van der Waals surface area contributed by atoms with Gasteiger partial charge in [0.1, 0.15) is 13.7 Å². The highest BCUT2D eigenvalue weighted by Crippen LogP contribution is 2.31. The normalized spacial score (nSPS) is 10.8. The Hall–Kier alpha value is -3.17. The second-order valence-electron chi connectivity index (χ2n) is 4.96. The van der Waals surface area contributed by atoms with Crippen LogP contribution >= 0.6 is 0 Å². The summed E-state index contributed by atoms with van der Waals surface area (Å²) >= 11 is 0. The van der Waals surface area contributed by atoms with Gasteiger partial charge in [-0.25, -0.2) is 4.39 Å². The maximum atomic E-state index is 14.4. The first-order valence-corrected chi connectivity index (χ1v) is 6.67. The van der Waals surface area contributed by atoms with Crippen LogP contribution in [-0.4, -0.2) is 22.6 Å². The Morgan fingerprint density at radius 1 is 1.33 bits per heavy atom. The average Bonchev–Trinajstić information content (AvgIpc) is 2.96. The lowest BCUT2D eigenvalue weighted by molar-refractivity contribution is 0.577. The number of benzene rings is 1. The summed E-state index contributed by atoms with van der Waals surface area (Å²) in [6.07, 6.45) is 1.27. The Morgan fingerprint density at radius 3 is 2.71 bits per heavy atom. The van der Waals surface area contributed by atoms with Crippen LogP contribution in [0.1, 0.15) is 0 Å². The summed E-state index contributed by atoms with van der Waals surface area (Å²) in [5, 5.41) is 9.67. The highest BCUT2D eigenvalue weighted by Gasteiger charge is 2.21. The summed E-state index contributed by atoms with van der Waals surface area (Å²) in [5.41, 5.74) is 4.32. The molecule has 3 N–H and O–H groups in total. The minimum absolute atomic E-state index is 0.0509. The number of nitrogens with one attached hydrogen (secondary N) is 1. The molecule has 0 atom stereocenters. The third-order valence-electron chi connectivity index (χ3n) is 3.24. The van der Waals surface area contributed by atoms with Crippen molar-refractivity contribution in [3.63, 3.8) is 0 Å². The molecule has 0 aliphatic carbocycles. The van der Waals surface area contributed by atoms with E-state index in [2.05, 4.69) is 15.5 Å². The number of pyridine rings is 1. The maximum absolute atomic E-state index is 14.4. The van der Waals surface area contributed by atoms with Gasteiger partial charge in [-0.2, -0.15) is 4.39 Å². The van der Waals surface area contributed by atoms with Gasteiger partial charge in [0, 0.05) is 13.2 Å². The first kappa shape index (κ1) is 15.7. The van der Waals surface area contributed by atoms with Crippen LogP contribution in [0.2, 0.25) is 0 Å². The van der Waals surface area contributed by atoms with E-state index in [-0.39, 0.29) is 34.3 Å². The minimum atomic E-state index is -1.14. The van der Waals surface area contributed by atoms with Crippen LogP contribution in [0.5, 0.6) is 0 Å². The molecule has 0 spiro atoms. The van der Waals surface area contributed by atoms with Crippen molar-refractivity contribution < 1.29 is 13.2 Å². The summed E-state index contributed by atoms with van der Waals surface area (Å²) in [5.74, 6) is -1.98. The number of rotatable bonds is 3. The summed E-state index contributed by atoms with van der Waals surface area (Å²) in [6, 6.07) is 3.57. The van der Waals surface area contributed by atoms with Crippen molar-refractivity contribution >= 4 is 30.7 Å². The molecule has 10 heteroatoms. The second-order valence-corrected chi connectivity index (χ2v) is 4.96. The molecule has 3 aromatic rings. The molecule has 0 fully saturated rings. The van der Waals surface area contributed by atoms with Gasteiger partial charge in [-0.3, -0.25) is 4.79 Å². The van der Waals surface area contributed by atoms with Gasteiger partial charge in [-0.15, -0.1) is 5.10 Å². The van der Waals surface area contributed by atoms with Crippen molar-refractivity contribution in [3.8, 4) is 11.5 Å². The van der Waals surface area contributed by atoms with Crippen molar-refractivity contribution in [2.24, 2.45) is 7.05 Å². The summed E-state index contributed by atoms with van der Waals surface area (Å²) in [6.45, 7) is 0. The van der Waals surface area contributed by atoms with Gasteiger partial charge in [-0.05, 0) is 12.1 Å². The van der Waals surface area contributed by atoms with Crippen LogP contribution in [-0.2, 0) is 7.05 Å². The van der Waals surface area contributed by atoms with Crippen LogP contribution < -0.4 is 22.1 Å². The van der Waals surface area contributed by atoms with E-state index in [1.165, 1.54) is 25.4 Å². The number of nitrogen functional groups attached to an aromatic ring is 1. The molecule has 0 amide bonds. The molecule has 24 heavy (non-hydrogen) atoms. The zero-order valence-corrected chi connectivity index (χ0v) is 12.4. The van der Waals surface area contributed by atoms with Crippen LogP contribution in [0, 0.1) is 11.6 Å². The van der Waals surface area contributed by atoms with Crippen LogP contribution in [0.4, 0.5) is 26.2 Å². The fraction of sp³-hybridized carbons (Fsp3) is 0.0714. The Labute approximate surface area is 135 Å². The topological polar surface area (TPSA) is 99.0 Å². The van der Waals surface area contributed by atoms with Crippen molar-refractivity contribution in [2.75, 3.05) is 11.1 Å². The maximum Gasteiger partial charge on any atom is 0.313 e. The Kier molecular flexibility index (Phi) is 3.80. The second kappa shape index (κ2) is 5.80. The van der Waals surface area contributed by atoms with E-state index in [0.29, 0.717) is 0 Å². The molecule has 2 heterocycles. The first-order chi connectivity index (χ1) is 11.4. The molecule has 120 valence electrons. The molecule has 0 aliphatic heterocycles. The SMILES string of the molecule is [B]c1ccc(Nc2c(-c3nnc(N)o3)cn(C)c(=O)c2F)c(F)c1. The van der Waals surface area contributed by atoms with Gasteiger partial charge < -0.3 is 20.0 Å². The number of hydrogen-bond donors (Lipinski definition) is 2. The molecule has 0 aliphatic rings. The van der Waals surface area contributed by atoms with Crippen LogP contribution in [0.15, 0.2) is 33.6 Å². The minimum Gasteiger partial charge on any atom is -0.403 e. The standard InChI is InChI=1S/C14H10BF2N5O2/c1-22-5-7(12-20-21-14(18)24-12)11(10(17)13(22)23)19-9-3-2-6(15)4-8(9)16/h2-5,19H,1H3,(H2,18,21). The fourth-order valence-corrected chi connectivity index (χ4v) is 2.09. The molecular formula is C14H10BF2N5O2. The van der Waals surface area contributed by atoms with Crippen LogP contribution in [0.3, 0.4) is 0 Å². The van der Waals surface area contributed by atoms with E-state index in [9.17, 15) is 13.6 Å². The Morgan fingerprint density at radius 2 is 2.08 bits per heavy atom. The molecule has 0 unspecified atom stereocenters. The molecule has 2 aromatic heterocycles. The first-order valence-electron chi connectivity index (χ1n) is 6.67. The van der Waals surface area contributed by atoms with Crippen molar-refractivity contribution in [1.82, 2.24) is 14.8 Å². The zero-order chi connectivity index (χ0) is 17.4. The smallest absolute Gasteiger partial charge is 0.313 e. The number of hydrogen-bond acceptors (Lipinski definition) is 6. The Balaban J connectivity index is 2.18. The molecule has 3 rings (SSSR count). The lowest BCUT2D eigenvalue weighted by Crippen LogP contribution is -2.22. The quantitative estimate of drug-likeness (QED) is 0.691. The van der Waals surface area contributed by atoms with Crippen molar-refractivity contribution in [2.45, 2.75) is 0 Å². The van der Waals surface area contributed by atoms with Crippen LogP contribution in [0.25, 0.3) is 11.5 Å². The third kappa shape index (κ3) is 2.73. The summed E-state index contributed by atoms with van der Waals surface area (Å²) < 4.78 is 34.5. The monoisotopic (exact) mass is 329 g/mol. The zero-order valence-electron chi connectivity index (χ0n) is 12.4. The average molecular weight is 329 g/mol. The van der Waals surface area contributed by atoms with E-state index in [0.717, 1.165) is 10.6 Å². The Bertz CT molecular complexity index is 986. The number of aromatic nitrogens is 3. The molecule has 0 bridgehead atoms. The van der Waals surface area contributed by atoms with Crippen molar-refractivity contribution in [3.05, 3.63) is 46.4 Å². The summed E-state index contributed by atoms with van der Waals surface area (Å²) in [7, 11) is 6.83. The number of nitrogens with zero attached hydrogens (tertiary/aromatic N) is 3. The van der Waals surface area contributed by atoms with Gasteiger partial charge in [0.2, 0.25) is 5.82 Å². The number of anilines is 3. The molecule has 0 saturated carbocycles. The predicted octanol–water partition coefficient (Wildman–Crippen LogP) is 0.833. The number of nitrogens with two attached hydrogens (primary N) is 1.